The van der Waals surface area contributed by atoms with Crippen LogP contribution in [0.3, 0.4) is 0 Å². The molecule has 2 aromatic rings. The summed E-state index contributed by atoms with van der Waals surface area (Å²) in [5.41, 5.74) is 0.643. The van der Waals surface area contributed by atoms with Crippen molar-refractivity contribution in [1.29, 1.82) is 0 Å². The number of benzene rings is 2. The number of nitrogens with zero attached hydrogens (tertiary/aromatic N) is 2. The maximum absolute atomic E-state index is 12.5. The SMILES string of the molecule is COc1ccc(NC(=O)CN(C)C(=O)c2cccc(C)c2[N+](=O)[O-])cc1. The molecule has 0 spiro atoms. The van der Waals surface area contributed by atoms with E-state index in [1.165, 1.54) is 13.1 Å². The highest BCUT2D eigenvalue weighted by atomic mass is 16.6. The van der Waals surface area contributed by atoms with Crippen molar-refractivity contribution in [3.05, 3.63) is 63.7 Å². The second-order valence-electron chi connectivity index (χ2n) is 5.67. The molecule has 0 unspecified atom stereocenters. The Morgan fingerprint density at radius 3 is 2.42 bits per heavy atom. The molecule has 8 nitrogen and oxygen atoms in total. The van der Waals surface area contributed by atoms with Gasteiger partial charge in [-0.25, -0.2) is 0 Å². The summed E-state index contributed by atoms with van der Waals surface area (Å²) in [4.78, 5) is 36.4. The van der Waals surface area contributed by atoms with E-state index < -0.39 is 16.7 Å². The Kier molecular flexibility index (Phi) is 5.90. The lowest BCUT2D eigenvalue weighted by atomic mass is 10.1. The highest BCUT2D eigenvalue weighted by Gasteiger charge is 2.25. The largest absolute Gasteiger partial charge is 0.497 e. The molecule has 0 aliphatic carbocycles. The summed E-state index contributed by atoms with van der Waals surface area (Å²) in [5.74, 6) is -0.353. The van der Waals surface area contributed by atoms with Gasteiger partial charge < -0.3 is 15.0 Å². The number of hydrogen-bond donors (Lipinski definition) is 1. The molecular weight excluding hydrogens is 338 g/mol. The summed E-state index contributed by atoms with van der Waals surface area (Å²) in [6.45, 7) is 1.32. The lowest BCUT2D eigenvalue weighted by molar-refractivity contribution is -0.385. The molecular formula is C18H19N3O5. The monoisotopic (exact) mass is 357 g/mol. The summed E-state index contributed by atoms with van der Waals surface area (Å²) >= 11 is 0. The maximum Gasteiger partial charge on any atom is 0.285 e. The molecule has 0 aliphatic rings. The highest BCUT2D eigenvalue weighted by Crippen LogP contribution is 2.24. The molecule has 0 aromatic heterocycles. The van der Waals surface area contributed by atoms with Crippen LogP contribution in [0.15, 0.2) is 42.5 Å². The highest BCUT2D eigenvalue weighted by molar-refractivity contribution is 6.01. The first kappa shape index (κ1) is 18.9. The average molecular weight is 357 g/mol. The zero-order chi connectivity index (χ0) is 19.3. The second-order valence-corrected chi connectivity index (χ2v) is 5.67. The first-order valence-electron chi connectivity index (χ1n) is 7.77. The maximum atomic E-state index is 12.5. The number of carbonyl (C=O) groups excluding carboxylic acids is 2. The van der Waals surface area contributed by atoms with Crippen LogP contribution in [0.25, 0.3) is 0 Å². The number of nitro benzene ring substituents is 1. The predicted molar refractivity (Wildman–Crippen MR) is 96.4 cm³/mol. The molecule has 1 N–H and O–H groups in total. The number of nitrogens with one attached hydrogen (secondary N) is 1. The lowest BCUT2D eigenvalue weighted by Gasteiger charge is -2.17. The third-order valence-corrected chi connectivity index (χ3v) is 3.75. The smallest absolute Gasteiger partial charge is 0.285 e. The van der Waals surface area contributed by atoms with E-state index in [2.05, 4.69) is 5.32 Å². The van der Waals surface area contributed by atoms with Gasteiger partial charge in [-0.1, -0.05) is 12.1 Å². The molecule has 2 amide bonds. The first-order valence-corrected chi connectivity index (χ1v) is 7.77. The van der Waals surface area contributed by atoms with Gasteiger partial charge >= 0.3 is 0 Å². The number of amides is 2. The van der Waals surface area contributed by atoms with Gasteiger partial charge in [-0.05, 0) is 37.3 Å². The molecule has 0 bridgehead atoms. The minimum absolute atomic E-state index is 0.0465. The zero-order valence-electron chi connectivity index (χ0n) is 14.7. The number of para-hydroxylation sites is 1. The van der Waals surface area contributed by atoms with E-state index in [0.717, 1.165) is 4.90 Å². The standard InChI is InChI=1S/C18H19N3O5/c1-12-5-4-6-15(17(12)21(24)25)18(23)20(2)11-16(22)19-13-7-9-14(26-3)10-8-13/h4-10H,11H2,1-3H3,(H,19,22). The molecule has 0 atom stereocenters. The molecule has 0 saturated carbocycles. The van der Waals surface area contributed by atoms with Gasteiger partial charge in [0, 0.05) is 18.3 Å². The zero-order valence-corrected chi connectivity index (χ0v) is 14.7. The molecule has 0 fully saturated rings. The van der Waals surface area contributed by atoms with Crippen molar-refractivity contribution in [3.63, 3.8) is 0 Å². The van der Waals surface area contributed by atoms with E-state index >= 15 is 0 Å². The van der Waals surface area contributed by atoms with Crippen LogP contribution < -0.4 is 10.1 Å². The molecule has 2 aromatic carbocycles. The van der Waals surface area contributed by atoms with Crippen molar-refractivity contribution in [2.45, 2.75) is 6.92 Å². The Balaban J connectivity index is 2.08. The van der Waals surface area contributed by atoms with Crippen molar-refractivity contribution in [3.8, 4) is 5.75 Å². The van der Waals surface area contributed by atoms with Crippen LogP contribution in [-0.4, -0.2) is 42.3 Å². The van der Waals surface area contributed by atoms with Crippen LogP contribution >= 0.6 is 0 Å². The third-order valence-electron chi connectivity index (χ3n) is 3.75. The summed E-state index contributed by atoms with van der Waals surface area (Å²) in [6.07, 6.45) is 0. The number of rotatable bonds is 6. The molecule has 8 heteroatoms. The number of carbonyl (C=O) groups is 2. The number of ether oxygens (including phenoxy) is 1. The van der Waals surface area contributed by atoms with Crippen molar-refractivity contribution >= 4 is 23.2 Å². The Hall–Kier alpha value is -3.42. The van der Waals surface area contributed by atoms with Crippen LogP contribution in [0.4, 0.5) is 11.4 Å². The summed E-state index contributed by atoms with van der Waals surface area (Å²) in [6, 6.07) is 11.2. The molecule has 0 aliphatic heterocycles. The minimum atomic E-state index is -0.592. The van der Waals surface area contributed by atoms with Crippen LogP contribution in [0.1, 0.15) is 15.9 Å². The van der Waals surface area contributed by atoms with Gasteiger partial charge in [0.15, 0.2) is 0 Å². The summed E-state index contributed by atoms with van der Waals surface area (Å²) < 4.78 is 5.04. The van der Waals surface area contributed by atoms with E-state index in [1.807, 2.05) is 0 Å². The van der Waals surface area contributed by atoms with Gasteiger partial charge in [0.25, 0.3) is 11.6 Å². The van der Waals surface area contributed by atoms with Crippen LogP contribution in [0.2, 0.25) is 0 Å². The van der Waals surface area contributed by atoms with E-state index in [-0.39, 0.29) is 17.8 Å². The van der Waals surface area contributed by atoms with Crippen LogP contribution in [0.5, 0.6) is 5.75 Å². The number of likely N-dealkylation sites (N-methyl/N-ethyl adjacent to an activating group) is 1. The lowest BCUT2D eigenvalue weighted by Crippen LogP contribution is -2.35. The van der Waals surface area contributed by atoms with Crippen molar-refractivity contribution < 1.29 is 19.2 Å². The fourth-order valence-electron chi connectivity index (χ4n) is 2.44. The topological polar surface area (TPSA) is 102 Å². The van der Waals surface area contributed by atoms with Crippen molar-refractivity contribution in [1.82, 2.24) is 4.90 Å². The molecule has 0 radical (unpaired) electrons. The van der Waals surface area contributed by atoms with Crippen molar-refractivity contribution in [2.24, 2.45) is 0 Å². The number of anilines is 1. The normalized spacial score (nSPS) is 10.1. The van der Waals surface area contributed by atoms with Gasteiger partial charge in [0.1, 0.15) is 11.3 Å². The predicted octanol–water partition coefficient (Wildman–Crippen LogP) is 2.62. The minimum Gasteiger partial charge on any atom is -0.497 e. The molecule has 0 saturated heterocycles. The number of methoxy groups -OCH3 is 1. The van der Waals surface area contributed by atoms with Gasteiger partial charge in [0.05, 0.1) is 18.6 Å². The first-order chi connectivity index (χ1) is 12.3. The molecule has 0 heterocycles. The van der Waals surface area contributed by atoms with Gasteiger partial charge in [-0.3, -0.25) is 19.7 Å². The number of aryl methyl sites for hydroxylation is 1. The van der Waals surface area contributed by atoms with E-state index in [0.29, 0.717) is 17.0 Å². The van der Waals surface area contributed by atoms with Gasteiger partial charge in [0.2, 0.25) is 5.91 Å². The fourth-order valence-corrected chi connectivity index (χ4v) is 2.44. The molecule has 26 heavy (non-hydrogen) atoms. The number of nitro groups is 1. The quantitative estimate of drug-likeness (QED) is 0.632. The fraction of sp³-hybridized carbons (Fsp3) is 0.222. The Morgan fingerprint density at radius 2 is 1.85 bits per heavy atom. The van der Waals surface area contributed by atoms with Crippen LogP contribution in [-0.2, 0) is 4.79 Å². The van der Waals surface area contributed by atoms with Gasteiger partial charge in [-0.2, -0.15) is 0 Å². The van der Waals surface area contributed by atoms with E-state index in [1.54, 1.807) is 50.4 Å². The Morgan fingerprint density at radius 1 is 1.19 bits per heavy atom. The molecule has 136 valence electrons. The van der Waals surface area contributed by atoms with E-state index in [9.17, 15) is 19.7 Å². The van der Waals surface area contributed by atoms with E-state index in [4.69, 9.17) is 4.74 Å². The van der Waals surface area contributed by atoms with Crippen molar-refractivity contribution in [2.75, 3.05) is 26.0 Å². The average Bonchev–Trinajstić information content (AvgIpc) is 2.61. The van der Waals surface area contributed by atoms with Gasteiger partial charge in [-0.15, -0.1) is 0 Å². The Bertz CT molecular complexity index is 833. The second kappa shape index (κ2) is 8.11. The summed E-state index contributed by atoms with van der Waals surface area (Å²) in [7, 11) is 2.96. The van der Waals surface area contributed by atoms with Crippen LogP contribution in [0, 0.1) is 17.0 Å². The molecule has 2 rings (SSSR count). The third kappa shape index (κ3) is 4.35. The number of hydrogen-bond acceptors (Lipinski definition) is 5. The Labute approximate surface area is 150 Å². The summed E-state index contributed by atoms with van der Waals surface area (Å²) in [5, 5.41) is 13.9.